The Morgan fingerprint density at radius 1 is 0.367 bits per heavy atom. The highest BCUT2D eigenvalue weighted by Gasteiger charge is 2.42. The van der Waals surface area contributed by atoms with Crippen LogP contribution in [0.15, 0.2) is 303 Å². The summed E-state index contributed by atoms with van der Waals surface area (Å²) in [6.07, 6.45) is 8.08. The zero-order chi connectivity index (χ0) is 69.0. The van der Waals surface area contributed by atoms with Crippen LogP contribution in [0.4, 0.5) is 22.7 Å². The Labute approximate surface area is 615 Å². The third-order valence-electron chi connectivity index (χ3n) is 17.8. The molecule has 0 amide bonds. The fourth-order valence-electron chi connectivity index (χ4n) is 13.5. The number of nitrogens with zero attached hydrogens (tertiary/aromatic N) is 1. The largest absolute Gasteiger partial charge is 0.643 e. The highest BCUT2D eigenvalue weighted by molar-refractivity contribution is 7.54. The smallest absolute Gasteiger partial charge is 0.376 e. The summed E-state index contributed by atoms with van der Waals surface area (Å²) in [4.78, 5) is 1.82. The molecular formula is C86H82AlB2Cl6N3. The van der Waals surface area contributed by atoms with Gasteiger partial charge in [0.25, 0.3) is 0 Å². The van der Waals surface area contributed by atoms with Crippen molar-refractivity contribution in [3.05, 3.63) is 303 Å². The zero-order valence-corrected chi connectivity index (χ0v) is 62.2. The number of hydrogen-bond acceptors (Lipinski definition) is 3. The quantitative estimate of drug-likeness (QED) is 0.134. The van der Waals surface area contributed by atoms with Crippen LogP contribution in [0.2, 0.25) is 0 Å². The maximum atomic E-state index is 4.94. The molecule has 0 atom stereocenters. The van der Waals surface area contributed by atoms with Gasteiger partial charge in [0.2, 0.25) is 0 Å². The summed E-state index contributed by atoms with van der Waals surface area (Å²) >= 11 is 12.7. The molecule has 15 rings (SSSR count). The Morgan fingerprint density at radius 2 is 0.643 bits per heavy atom. The molecule has 1 saturated heterocycles. The van der Waals surface area contributed by atoms with Crippen LogP contribution >= 0.6 is 64.5 Å². The maximum absolute atomic E-state index is 4.94. The molecule has 0 aliphatic carbocycles. The topological polar surface area (TPSA) is 27.3 Å². The van der Waals surface area contributed by atoms with E-state index in [9.17, 15) is 0 Å². The molecule has 12 heteroatoms. The molecule has 0 bridgehead atoms. The van der Waals surface area contributed by atoms with Crippen LogP contribution in [0.25, 0.3) is 89.0 Å². The predicted octanol–water partition coefficient (Wildman–Crippen LogP) is 25.9. The molecule has 98 heavy (non-hydrogen) atoms. The molecule has 0 aromatic heterocycles. The van der Waals surface area contributed by atoms with E-state index in [1.807, 2.05) is 0 Å². The van der Waals surface area contributed by atoms with Crippen molar-refractivity contribution in [2.75, 3.05) is 10.1 Å². The molecule has 3 nitrogen and oxygen atoms in total. The van der Waals surface area contributed by atoms with Gasteiger partial charge in [-0.2, -0.15) is 34.4 Å². The first-order valence-corrected chi connectivity index (χ1v) is 40.3. The van der Waals surface area contributed by atoms with Gasteiger partial charge in [-0.25, -0.2) is 30.1 Å². The fourth-order valence-corrected chi connectivity index (χ4v) is 13.5. The summed E-state index contributed by atoms with van der Waals surface area (Å²) in [5.74, 6) is 0. The number of fused-ring (bicyclic) bond motifs is 11. The van der Waals surface area contributed by atoms with E-state index >= 15 is 0 Å². The molecule has 12 aromatic carbocycles. The second kappa shape index (κ2) is 35.6. The van der Waals surface area contributed by atoms with Crippen LogP contribution in [0.3, 0.4) is 0 Å². The van der Waals surface area contributed by atoms with E-state index in [2.05, 4.69) is 360 Å². The summed E-state index contributed by atoms with van der Waals surface area (Å²) in [7, 11) is 14.8. The molecule has 3 aliphatic rings. The van der Waals surface area contributed by atoms with Gasteiger partial charge in [0.15, 0.2) is 0 Å². The molecular weight excluding hydrogens is 1340 g/mol. The molecule has 0 spiro atoms. The van der Waals surface area contributed by atoms with Crippen LogP contribution in [-0.4, -0.2) is 34.3 Å². The standard InChI is InChI=1S/C36H24BN.C36H27N.C9H19N.C5H12.Al.BCl3.3ClH/c1-3-11-25(12-4-1)27-19-21-29-31-15-7-9-17-35(31)38-36-18-10-8-16-32(36)30-22-20-28(26-13-5-2-6-14-26)24-34(30)37(38)33(29)23-27;1-3-11-27(12-4-1)29-19-23-31(24-20-29)33-15-7-9-17-35(33)37-36-18-10-8-16-34(36)32-25-21-30(22-26-32)28-13-5-2-6-14-28;1-8(2)6-5-7-9(3,4)10-8;1-3-5-4-2;;2-1(3)4;;;/h1-24H;1-26,37H;10H,5-7H2,1-4H3;3-5H2,1-2H3;;;3*1H/q;;;;+3;;;;/p-3. The zero-order valence-electron chi connectivity index (χ0n) is 56.6. The molecule has 492 valence electrons. The normalized spacial score (nSPS) is 13.0. The first kappa shape index (κ1) is 73.3. The Morgan fingerprint density at radius 3 is 0.959 bits per heavy atom. The van der Waals surface area contributed by atoms with Crippen molar-refractivity contribution in [1.82, 2.24) is 5.32 Å². The van der Waals surface area contributed by atoms with Crippen molar-refractivity contribution < 1.29 is 0 Å². The minimum atomic E-state index is -1.72. The van der Waals surface area contributed by atoms with E-state index in [1.54, 1.807) is 0 Å². The van der Waals surface area contributed by atoms with Crippen molar-refractivity contribution in [2.24, 2.45) is 0 Å². The van der Waals surface area contributed by atoms with Gasteiger partial charge in [0.05, 0.1) is 0 Å². The number of para-hydroxylation sites is 4. The Hall–Kier alpha value is -7.40. The number of halogens is 6. The Kier molecular flexibility index (Phi) is 26.6. The summed E-state index contributed by atoms with van der Waals surface area (Å²) in [6.45, 7) is 13.6. The minimum absolute atomic E-state index is 0.0807. The number of rotatable bonds is 10. The van der Waals surface area contributed by atoms with Crippen LogP contribution in [0.1, 0.15) is 80.1 Å². The molecule has 1 fully saturated rings. The molecule has 0 radical (unpaired) electrons. The van der Waals surface area contributed by atoms with E-state index in [0.717, 1.165) is 11.4 Å². The number of piperidine rings is 1. The Bertz CT molecular complexity index is 4180. The fraction of sp³-hybridized carbons (Fsp3) is 0.163. The van der Waals surface area contributed by atoms with Crippen molar-refractivity contribution in [3.63, 3.8) is 0 Å². The van der Waals surface area contributed by atoms with E-state index in [0.29, 0.717) is 11.1 Å². The second-order valence-electron chi connectivity index (χ2n) is 25.8. The summed E-state index contributed by atoms with van der Waals surface area (Å²) < 4.78 is 0. The SMILES string of the molecule is CC1(C)CCCC(C)(C)N1.CCCCC.ClB(Cl)Cl.[Cl][Al]([Cl])[Cl].c1ccc(-c2ccc(-c3ccccc3Nc3ccccc3-c3ccc(-c4ccccc4)cc3)cc2)cc1.c1ccc(-c2ccc3c(c2)B2c4cc(-c5ccccc5)ccc4-c4ccccc4N2c2ccccc2-3)cc1. The molecule has 0 unspecified atom stereocenters. The van der Waals surface area contributed by atoms with Crippen molar-refractivity contribution in [3.8, 4) is 89.0 Å². The number of hydrogen-bond donors (Lipinski definition) is 2. The highest BCUT2D eigenvalue weighted by Crippen LogP contribution is 2.47. The lowest BCUT2D eigenvalue weighted by molar-refractivity contribution is 0.183. The van der Waals surface area contributed by atoms with E-state index in [4.69, 9.17) is 64.5 Å². The van der Waals surface area contributed by atoms with Gasteiger partial charge in [-0.3, -0.25) is 0 Å². The predicted molar refractivity (Wildman–Crippen MR) is 437 cm³/mol. The van der Waals surface area contributed by atoms with Crippen molar-refractivity contribution >= 4 is 121 Å². The summed E-state index contributed by atoms with van der Waals surface area (Å²) in [5.41, 5.74) is 28.0. The van der Waals surface area contributed by atoms with Gasteiger partial charge in [0.1, 0.15) is 0 Å². The molecule has 2 N–H and O–H groups in total. The van der Waals surface area contributed by atoms with Gasteiger partial charge in [-0.1, -0.05) is 312 Å². The highest BCUT2D eigenvalue weighted by atomic mass is 35.8. The van der Waals surface area contributed by atoms with Crippen LogP contribution in [0, 0.1) is 0 Å². The van der Waals surface area contributed by atoms with Crippen molar-refractivity contribution in [2.45, 2.75) is 91.1 Å². The van der Waals surface area contributed by atoms with Gasteiger partial charge < -0.3 is 15.4 Å². The minimum Gasteiger partial charge on any atom is -0.376 e. The van der Waals surface area contributed by atoms with E-state index in [1.165, 1.54) is 150 Å². The number of anilines is 4. The third kappa shape index (κ3) is 19.5. The lowest BCUT2D eigenvalue weighted by atomic mass is 9.43. The molecule has 3 aliphatic heterocycles. The summed E-state index contributed by atoms with van der Waals surface area (Å²) in [5, 5.41) is 7.36. The lowest BCUT2D eigenvalue weighted by Gasteiger charge is -2.43. The lowest BCUT2D eigenvalue weighted by Crippen LogP contribution is -2.59. The number of nitrogens with one attached hydrogen (secondary N) is 2. The Balaban J connectivity index is 0.000000161. The average molecular weight is 1420 g/mol. The summed E-state index contributed by atoms with van der Waals surface area (Å²) in [6, 6.07) is 109. The molecule has 12 aromatic rings. The first-order chi connectivity index (χ1) is 47.5. The van der Waals surface area contributed by atoms with Gasteiger partial charge in [-0.05, 0) is 149 Å². The average Bonchev–Trinajstić information content (AvgIpc) is 0.707. The number of benzene rings is 12. The van der Waals surface area contributed by atoms with E-state index < -0.39 is 16.3 Å². The maximum Gasteiger partial charge on any atom is 0.643 e. The second-order valence-corrected chi connectivity index (χ2v) is 34.3. The van der Waals surface area contributed by atoms with Gasteiger partial charge in [-0.15, -0.1) is 0 Å². The van der Waals surface area contributed by atoms with Crippen LogP contribution in [-0.2, 0) is 0 Å². The van der Waals surface area contributed by atoms with Gasteiger partial charge in [0, 0.05) is 56.1 Å². The van der Waals surface area contributed by atoms with E-state index in [-0.39, 0.29) is 6.85 Å². The molecule has 3 heterocycles. The third-order valence-corrected chi connectivity index (χ3v) is 17.8. The number of unbranched alkanes of at least 4 members (excludes halogenated alkanes) is 2. The molecule has 0 saturated carbocycles. The van der Waals surface area contributed by atoms with Crippen LogP contribution in [0.5, 0.6) is 0 Å². The van der Waals surface area contributed by atoms with Crippen LogP contribution < -0.4 is 26.4 Å². The monoisotopic (exact) mass is 1420 g/mol. The first-order valence-electron chi connectivity index (χ1n) is 33.8. The van der Waals surface area contributed by atoms with Crippen molar-refractivity contribution in [1.29, 1.82) is 0 Å². The van der Waals surface area contributed by atoms with Gasteiger partial charge >= 0.3 is 23.2 Å².